The van der Waals surface area contributed by atoms with E-state index in [0.717, 1.165) is 23.9 Å². The molecule has 1 saturated carbocycles. The number of amides is 1. The summed E-state index contributed by atoms with van der Waals surface area (Å²) in [6, 6.07) is 7.71. The number of benzene rings is 1. The number of fused-ring (bicyclic) bond motifs is 1. The minimum atomic E-state index is -0.364. The summed E-state index contributed by atoms with van der Waals surface area (Å²) in [6.45, 7) is 2.33. The second-order valence-corrected chi connectivity index (χ2v) is 6.82. The number of anilines is 1. The van der Waals surface area contributed by atoms with Gasteiger partial charge in [-0.15, -0.1) is 0 Å². The molecule has 136 valence electrons. The predicted octanol–water partition coefficient (Wildman–Crippen LogP) is 2.84. The Labute approximate surface area is 148 Å². The van der Waals surface area contributed by atoms with Crippen LogP contribution in [-0.4, -0.2) is 39.8 Å². The highest BCUT2D eigenvalue weighted by Gasteiger charge is 2.24. The molecule has 1 aromatic heterocycles. The van der Waals surface area contributed by atoms with Gasteiger partial charge in [0.1, 0.15) is 6.04 Å². The Morgan fingerprint density at radius 1 is 1.28 bits per heavy atom. The third-order valence-electron chi connectivity index (χ3n) is 4.96. The minimum absolute atomic E-state index is 0.0197. The summed E-state index contributed by atoms with van der Waals surface area (Å²) < 4.78 is 1.93. The number of aromatic nitrogens is 2. The molecule has 1 heterocycles. The summed E-state index contributed by atoms with van der Waals surface area (Å²) in [7, 11) is 0. The maximum absolute atomic E-state index is 12.9. The van der Waals surface area contributed by atoms with Crippen molar-refractivity contribution in [2.45, 2.75) is 57.5 Å². The summed E-state index contributed by atoms with van der Waals surface area (Å²) in [4.78, 5) is 17.4. The number of nitrogens with zero attached hydrogens (tertiary/aromatic N) is 2. The molecule has 0 unspecified atom stereocenters. The molecule has 25 heavy (non-hydrogen) atoms. The Balaban J connectivity index is 1.81. The molecule has 6 heteroatoms. The molecule has 6 nitrogen and oxygen atoms in total. The molecule has 0 radical (unpaired) electrons. The molecular formula is C19H28N4O2. The van der Waals surface area contributed by atoms with Gasteiger partial charge < -0.3 is 15.7 Å². The van der Waals surface area contributed by atoms with Crippen LogP contribution in [0.15, 0.2) is 24.3 Å². The van der Waals surface area contributed by atoms with E-state index in [4.69, 9.17) is 5.11 Å². The Bertz CT molecular complexity index is 705. The van der Waals surface area contributed by atoms with Crippen molar-refractivity contribution in [3.05, 3.63) is 24.3 Å². The fourth-order valence-corrected chi connectivity index (χ4v) is 3.59. The summed E-state index contributed by atoms with van der Waals surface area (Å²) in [5.74, 6) is 0.654. The zero-order valence-electron chi connectivity index (χ0n) is 14.9. The first kappa shape index (κ1) is 17.7. The van der Waals surface area contributed by atoms with Gasteiger partial charge in [-0.2, -0.15) is 0 Å². The number of hydrogen-bond donors (Lipinski definition) is 3. The third kappa shape index (κ3) is 4.12. The molecule has 0 bridgehead atoms. The van der Waals surface area contributed by atoms with Crippen LogP contribution in [0, 0.1) is 0 Å². The van der Waals surface area contributed by atoms with E-state index in [1.807, 2.05) is 35.8 Å². The van der Waals surface area contributed by atoms with Crippen molar-refractivity contribution < 1.29 is 9.90 Å². The molecule has 2 aromatic rings. The van der Waals surface area contributed by atoms with Crippen molar-refractivity contribution >= 4 is 22.9 Å². The quantitative estimate of drug-likeness (QED) is 0.704. The van der Waals surface area contributed by atoms with Gasteiger partial charge in [0.2, 0.25) is 11.9 Å². The molecule has 1 aliphatic rings. The van der Waals surface area contributed by atoms with E-state index >= 15 is 0 Å². The van der Waals surface area contributed by atoms with E-state index in [1.165, 1.54) is 25.7 Å². The number of carbonyl (C=O) groups excluding carboxylic acids is 1. The van der Waals surface area contributed by atoms with E-state index in [1.54, 1.807) is 0 Å². The lowest BCUT2D eigenvalue weighted by atomic mass is 10.1. The van der Waals surface area contributed by atoms with Gasteiger partial charge in [0, 0.05) is 12.6 Å². The zero-order chi connectivity index (χ0) is 17.6. The SMILES string of the molecule is C[C@H](C(=O)NC1CCCCCC1)n1c(NCCO)nc2ccccc21. The molecule has 1 atom stereocenters. The Hall–Kier alpha value is -2.08. The first-order valence-electron chi connectivity index (χ1n) is 9.33. The van der Waals surface area contributed by atoms with E-state index < -0.39 is 0 Å². The third-order valence-corrected chi connectivity index (χ3v) is 4.96. The average Bonchev–Trinajstić information content (AvgIpc) is 2.79. The topological polar surface area (TPSA) is 79.2 Å². The lowest BCUT2D eigenvalue weighted by molar-refractivity contribution is -0.124. The van der Waals surface area contributed by atoms with Gasteiger partial charge in [0.05, 0.1) is 17.6 Å². The highest BCUT2D eigenvalue weighted by Crippen LogP contribution is 2.25. The number of carbonyl (C=O) groups is 1. The van der Waals surface area contributed by atoms with E-state index in [-0.39, 0.29) is 24.6 Å². The predicted molar refractivity (Wildman–Crippen MR) is 99.7 cm³/mol. The van der Waals surface area contributed by atoms with Crippen LogP contribution in [0.25, 0.3) is 11.0 Å². The van der Waals surface area contributed by atoms with Gasteiger partial charge in [-0.25, -0.2) is 4.98 Å². The number of para-hydroxylation sites is 2. The molecule has 0 aliphatic heterocycles. The first-order chi connectivity index (χ1) is 12.2. The van der Waals surface area contributed by atoms with Crippen molar-refractivity contribution in [1.29, 1.82) is 0 Å². The van der Waals surface area contributed by atoms with E-state index in [9.17, 15) is 4.79 Å². The van der Waals surface area contributed by atoms with Crippen LogP contribution in [0.4, 0.5) is 5.95 Å². The largest absolute Gasteiger partial charge is 0.395 e. The van der Waals surface area contributed by atoms with Crippen LogP contribution < -0.4 is 10.6 Å². The number of aliphatic hydroxyl groups is 1. The summed E-state index contributed by atoms with van der Waals surface area (Å²) in [6.07, 6.45) is 7.05. The summed E-state index contributed by atoms with van der Waals surface area (Å²) in [5, 5.41) is 15.5. The van der Waals surface area contributed by atoms with Crippen molar-refractivity contribution in [2.24, 2.45) is 0 Å². The van der Waals surface area contributed by atoms with E-state index in [0.29, 0.717) is 12.5 Å². The maximum atomic E-state index is 12.9. The van der Waals surface area contributed by atoms with Crippen LogP contribution in [0.3, 0.4) is 0 Å². The summed E-state index contributed by atoms with van der Waals surface area (Å²) in [5.41, 5.74) is 1.77. The number of hydrogen-bond acceptors (Lipinski definition) is 4. The second kappa shape index (κ2) is 8.34. The average molecular weight is 344 g/mol. The lowest BCUT2D eigenvalue weighted by Crippen LogP contribution is -2.39. The molecule has 1 aromatic carbocycles. The molecular weight excluding hydrogens is 316 g/mol. The monoisotopic (exact) mass is 344 g/mol. The molecule has 0 spiro atoms. The summed E-state index contributed by atoms with van der Waals surface area (Å²) >= 11 is 0. The number of aliphatic hydroxyl groups excluding tert-OH is 1. The van der Waals surface area contributed by atoms with Crippen LogP contribution >= 0.6 is 0 Å². The molecule has 1 fully saturated rings. The molecule has 0 saturated heterocycles. The molecule has 3 rings (SSSR count). The molecule has 1 aliphatic carbocycles. The standard InChI is InChI=1S/C19H28N4O2/c1-14(18(25)21-15-8-4-2-3-5-9-15)23-17-11-7-6-10-16(17)22-19(23)20-12-13-24/h6-7,10-11,14-15,24H,2-5,8-9,12-13H2,1H3,(H,20,22)(H,21,25)/t14-/m1/s1. The number of rotatable bonds is 6. The zero-order valence-corrected chi connectivity index (χ0v) is 14.9. The van der Waals surface area contributed by atoms with Gasteiger partial charge >= 0.3 is 0 Å². The normalized spacial score (nSPS) is 17.2. The van der Waals surface area contributed by atoms with Crippen LogP contribution in [0.1, 0.15) is 51.5 Å². The van der Waals surface area contributed by atoms with Gasteiger partial charge in [-0.1, -0.05) is 37.8 Å². The van der Waals surface area contributed by atoms with Crippen LogP contribution in [0.2, 0.25) is 0 Å². The fourth-order valence-electron chi connectivity index (χ4n) is 3.59. The maximum Gasteiger partial charge on any atom is 0.243 e. The van der Waals surface area contributed by atoms with Gasteiger partial charge in [-0.05, 0) is 31.9 Å². The lowest BCUT2D eigenvalue weighted by Gasteiger charge is -2.22. The van der Waals surface area contributed by atoms with Crippen molar-refractivity contribution in [3.63, 3.8) is 0 Å². The van der Waals surface area contributed by atoms with Gasteiger partial charge in [-0.3, -0.25) is 9.36 Å². The first-order valence-corrected chi connectivity index (χ1v) is 9.33. The van der Waals surface area contributed by atoms with Gasteiger partial charge in [0.15, 0.2) is 0 Å². The fraction of sp³-hybridized carbons (Fsp3) is 0.579. The number of nitrogens with one attached hydrogen (secondary N) is 2. The van der Waals surface area contributed by atoms with Crippen molar-refractivity contribution in [3.8, 4) is 0 Å². The highest BCUT2D eigenvalue weighted by atomic mass is 16.3. The van der Waals surface area contributed by atoms with Crippen LogP contribution in [-0.2, 0) is 4.79 Å². The number of imidazole rings is 1. The van der Waals surface area contributed by atoms with E-state index in [2.05, 4.69) is 15.6 Å². The Kier molecular flexibility index (Phi) is 5.91. The van der Waals surface area contributed by atoms with Crippen molar-refractivity contribution in [2.75, 3.05) is 18.5 Å². The Morgan fingerprint density at radius 3 is 2.72 bits per heavy atom. The van der Waals surface area contributed by atoms with Crippen molar-refractivity contribution in [1.82, 2.24) is 14.9 Å². The highest BCUT2D eigenvalue weighted by molar-refractivity contribution is 5.85. The smallest absolute Gasteiger partial charge is 0.243 e. The molecule has 1 amide bonds. The minimum Gasteiger partial charge on any atom is -0.395 e. The second-order valence-electron chi connectivity index (χ2n) is 6.82. The van der Waals surface area contributed by atoms with Gasteiger partial charge in [0.25, 0.3) is 0 Å². The Morgan fingerprint density at radius 2 is 2.00 bits per heavy atom. The molecule has 3 N–H and O–H groups in total. The van der Waals surface area contributed by atoms with Crippen LogP contribution in [0.5, 0.6) is 0 Å².